The number of hydrogen-bond donors (Lipinski definition) is 1. The highest BCUT2D eigenvalue weighted by Gasteiger charge is 2.76. The lowest BCUT2D eigenvalue weighted by molar-refractivity contribution is -0.225. The molecule has 1 N–H and O–H groups in total. The van der Waals surface area contributed by atoms with Crippen LogP contribution < -0.4 is 0 Å². The number of fused-ring (bicyclic) bond motifs is 7. The Balaban J connectivity index is 1.54. The quantitative estimate of drug-likeness (QED) is 0.627. The second-order valence-electron chi connectivity index (χ2n) is 11.7. The van der Waals surface area contributed by atoms with Crippen LogP contribution in [0.15, 0.2) is 23.8 Å². The lowest BCUT2D eigenvalue weighted by atomic mass is 9.46. The summed E-state index contributed by atoms with van der Waals surface area (Å²) >= 11 is 0. The van der Waals surface area contributed by atoms with E-state index in [0.29, 0.717) is 12.8 Å². The molecule has 0 unspecified atom stereocenters. The van der Waals surface area contributed by atoms with E-state index in [4.69, 9.17) is 14.2 Å². The number of Topliss-reactive ketones (excluding diaryl/α,β-unsaturated/α-hetero) is 1. The Kier molecular flexibility index (Phi) is 5.33. The summed E-state index contributed by atoms with van der Waals surface area (Å²) in [4.78, 5) is 37.7. The fourth-order valence-electron chi connectivity index (χ4n) is 8.28. The zero-order valence-electron chi connectivity index (χ0n) is 20.8. The minimum absolute atomic E-state index is 0.00617. The normalized spacial score (nSPS) is 46.1. The first-order valence-electron chi connectivity index (χ1n) is 12.6. The third kappa shape index (κ3) is 3.09. The number of esters is 1. The van der Waals surface area contributed by atoms with Gasteiger partial charge in [0, 0.05) is 23.2 Å². The van der Waals surface area contributed by atoms with Crippen molar-refractivity contribution >= 4 is 17.5 Å². The molecule has 0 aromatic heterocycles. The van der Waals surface area contributed by atoms with E-state index in [0.717, 1.165) is 18.4 Å². The highest BCUT2D eigenvalue weighted by Crippen LogP contribution is 2.70. The van der Waals surface area contributed by atoms with E-state index >= 15 is 0 Å². The van der Waals surface area contributed by atoms with E-state index in [2.05, 4.69) is 13.8 Å². The molecule has 0 amide bonds. The van der Waals surface area contributed by atoms with Gasteiger partial charge in [-0.25, -0.2) is 0 Å². The predicted octanol–water partition coefficient (Wildman–Crippen LogP) is 3.29. The van der Waals surface area contributed by atoms with Crippen molar-refractivity contribution in [2.24, 2.45) is 28.6 Å². The van der Waals surface area contributed by atoms with Gasteiger partial charge < -0.3 is 19.3 Å². The van der Waals surface area contributed by atoms with Crippen LogP contribution in [0.5, 0.6) is 0 Å². The Morgan fingerprint density at radius 3 is 2.68 bits per heavy atom. The third-order valence-corrected chi connectivity index (χ3v) is 9.56. The molecule has 4 aliphatic carbocycles. The molecule has 7 nitrogen and oxygen atoms in total. The fourth-order valence-corrected chi connectivity index (χ4v) is 8.28. The molecule has 34 heavy (non-hydrogen) atoms. The smallest absolute Gasteiger partial charge is 0.305 e. The molecule has 3 saturated carbocycles. The van der Waals surface area contributed by atoms with Gasteiger partial charge >= 0.3 is 5.97 Å². The monoisotopic (exact) mass is 472 g/mol. The molecule has 5 aliphatic rings. The minimum atomic E-state index is -1.28. The topological polar surface area (TPSA) is 99.1 Å². The van der Waals surface area contributed by atoms with Crippen LogP contribution in [0.2, 0.25) is 0 Å². The van der Waals surface area contributed by atoms with Crippen molar-refractivity contribution in [1.29, 1.82) is 0 Å². The zero-order valence-corrected chi connectivity index (χ0v) is 20.8. The second kappa shape index (κ2) is 7.58. The molecule has 4 fully saturated rings. The summed E-state index contributed by atoms with van der Waals surface area (Å²) in [5.74, 6) is -1.47. The van der Waals surface area contributed by atoms with Crippen LogP contribution in [-0.2, 0) is 28.6 Å². The summed E-state index contributed by atoms with van der Waals surface area (Å²) in [7, 11) is 0. The van der Waals surface area contributed by atoms with Crippen LogP contribution in [-0.4, -0.2) is 52.8 Å². The number of allylic oxidation sites excluding steroid dienone is 4. The summed E-state index contributed by atoms with van der Waals surface area (Å²) in [5.41, 5.74) is -1.25. The molecule has 1 aliphatic heterocycles. The van der Waals surface area contributed by atoms with Crippen LogP contribution >= 0.6 is 0 Å². The van der Waals surface area contributed by atoms with Crippen LogP contribution in [0, 0.1) is 28.6 Å². The molecule has 7 heteroatoms. The van der Waals surface area contributed by atoms with Crippen molar-refractivity contribution in [2.75, 3.05) is 6.61 Å². The van der Waals surface area contributed by atoms with Gasteiger partial charge in [0.2, 0.25) is 5.78 Å². The molecular weight excluding hydrogens is 436 g/mol. The summed E-state index contributed by atoms with van der Waals surface area (Å²) in [6, 6.07) is 0. The lowest BCUT2D eigenvalue weighted by Crippen LogP contribution is -2.64. The minimum Gasteiger partial charge on any atom is -0.458 e. The average molecular weight is 473 g/mol. The molecular formula is C27H36O7. The SMILES string of the molecule is CCC(=O)OCC(=O)[C@@]12OC(C)(C)O[C@@H]1C[C@H]1[C@@H]3CCC4=CC(=O)C=C[C@]4(C)[C@H]3[C@@H](O)C[C@@]12C. The van der Waals surface area contributed by atoms with Crippen LogP contribution in [0.25, 0.3) is 0 Å². The molecule has 0 bridgehead atoms. The molecule has 1 heterocycles. The Morgan fingerprint density at radius 1 is 1.24 bits per heavy atom. The number of aliphatic hydroxyl groups is 1. The van der Waals surface area contributed by atoms with Gasteiger partial charge in [-0.3, -0.25) is 14.4 Å². The molecule has 0 aromatic carbocycles. The van der Waals surface area contributed by atoms with Gasteiger partial charge in [-0.15, -0.1) is 0 Å². The number of ketones is 2. The standard InChI is InChI=1S/C27H36O7/c1-6-22(31)32-14-20(30)27-21(33-24(2,3)34-27)12-18-17-8-7-15-11-16(28)9-10-25(15,4)23(17)19(29)13-26(18,27)5/h9-11,17-19,21,23,29H,6-8,12-14H2,1-5H3/t17-,18-,19-,21+,23+,25-,26-,27+/m0/s1. The van der Waals surface area contributed by atoms with Crippen LogP contribution in [0.4, 0.5) is 0 Å². The average Bonchev–Trinajstić information content (AvgIpc) is 3.17. The number of hydrogen-bond acceptors (Lipinski definition) is 7. The van der Waals surface area contributed by atoms with Crippen LogP contribution in [0.1, 0.15) is 66.7 Å². The van der Waals surface area contributed by atoms with E-state index in [-0.39, 0.29) is 47.8 Å². The molecule has 186 valence electrons. The van der Waals surface area contributed by atoms with Crippen molar-refractivity contribution in [1.82, 2.24) is 0 Å². The first-order valence-corrected chi connectivity index (χ1v) is 12.6. The predicted molar refractivity (Wildman–Crippen MR) is 122 cm³/mol. The second-order valence-corrected chi connectivity index (χ2v) is 11.7. The Morgan fingerprint density at radius 2 is 1.97 bits per heavy atom. The van der Waals surface area contributed by atoms with Crippen molar-refractivity contribution in [3.63, 3.8) is 0 Å². The molecule has 5 rings (SSSR count). The number of rotatable bonds is 4. The first kappa shape index (κ1) is 23.9. The summed E-state index contributed by atoms with van der Waals surface area (Å²) < 4.78 is 18.1. The third-order valence-electron chi connectivity index (χ3n) is 9.56. The zero-order chi connectivity index (χ0) is 24.7. The first-order chi connectivity index (χ1) is 15.9. The largest absolute Gasteiger partial charge is 0.458 e. The highest BCUT2D eigenvalue weighted by molar-refractivity contribution is 6.01. The van der Waals surface area contributed by atoms with Gasteiger partial charge in [0.1, 0.15) is 0 Å². The van der Waals surface area contributed by atoms with E-state index in [1.807, 2.05) is 6.08 Å². The Hall–Kier alpha value is -1.83. The summed E-state index contributed by atoms with van der Waals surface area (Å²) in [6.45, 7) is 9.13. The number of carbonyl (C=O) groups is 3. The number of aliphatic hydroxyl groups excluding tert-OH is 1. The summed E-state index contributed by atoms with van der Waals surface area (Å²) in [5, 5.41) is 11.7. The number of ether oxygens (including phenoxy) is 3. The van der Waals surface area contributed by atoms with Gasteiger partial charge in [-0.1, -0.05) is 32.4 Å². The van der Waals surface area contributed by atoms with Crippen molar-refractivity contribution in [3.05, 3.63) is 23.8 Å². The lowest BCUT2D eigenvalue weighted by Gasteiger charge is -2.59. The van der Waals surface area contributed by atoms with Gasteiger partial charge in [0.15, 0.2) is 23.8 Å². The Labute approximate surface area is 200 Å². The fraction of sp³-hybridized carbons (Fsp3) is 0.741. The maximum absolute atomic E-state index is 13.8. The van der Waals surface area contributed by atoms with Crippen molar-refractivity contribution < 1.29 is 33.7 Å². The molecule has 8 atom stereocenters. The van der Waals surface area contributed by atoms with E-state index in [9.17, 15) is 19.5 Å². The van der Waals surface area contributed by atoms with E-state index in [1.165, 1.54) is 0 Å². The molecule has 0 spiro atoms. The number of carbonyl (C=O) groups excluding carboxylic acids is 3. The van der Waals surface area contributed by atoms with Gasteiger partial charge in [0.25, 0.3) is 0 Å². The van der Waals surface area contributed by atoms with Gasteiger partial charge in [-0.05, 0) is 63.5 Å². The highest BCUT2D eigenvalue weighted by atomic mass is 16.8. The molecule has 0 aromatic rings. The maximum atomic E-state index is 13.8. The van der Waals surface area contributed by atoms with Gasteiger partial charge in [-0.2, -0.15) is 0 Å². The van der Waals surface area contributed by atoms with Crippen molar-refractivity contribution in [2.45, 2.75) is 90.3 Å². The van der Waals surface area contributed by atoms with Gasteiger partial charge in [0.05, 0.1) is 12.2 Å². The maximum Gasteiger partial charge on any atom is 0.305 e. The van der Waals surface area contributed by atoms with E-state index in [1.54, 1.807) is 32.9 Å². The molecule has 1 saturated heterocycles. The Bertz CT molecular complexity index is 995. The summed E-state index contributed by atoms with van der Waals surface area (Å²) in [6.07, 6.45) is 7.06. The van der Waals surface area contributed by atoms with Crippen molar-refractivity contribution in [3.8, 4) is 0 Å². The molecule has 0 radical (unpaired) electrons. The van der Waals surface area contributed by atoms with Crippen LogP contribution in [0.3, 0.4) is 0 Å². The van der Waals surface area contributed by atoms with E-state index < -0.39 is 35.0 Å².